The lowest BCUT2D eigenvalue weighted by molar-refractivity contribution is 0.456. The predicted octanol–water partition coefficient (Wildman–Crippen LogP) is 2.95. The van der Waals surface area contributed by atoms with Crippen molar-refractivity contribution in [3.8, 4) is 5.75 Å². The molecule has 2 N–H and O–H groups in total. The van der Waals surface area contributed by atoms with Gasteiger partial charge in [-0.1, -0.05) is 18.2 Å². The third-order valence-electron chi connectivity index (χ3n) is 3.13. The predicted molar refractivity (Wildman–Crippen MR) is 72.3 cm³/mol. The van der Waals surface area contributed by atoms with E-state index in [9.17, 15) is 5.11 Å². The van der Waals surface area contributed by atoms with Crippen LogP contribution >= 0.6 is 0 Å². The lowest BCUT2D eigenvalue weighted by atomic mass is 10.1. The molecule has 3 heteroatoms. The van der Waals surface area contributed by atoms with Gasteiger partial charge in [-0.2, -0.15) is 0 Å². The van der Waals surface area contributed by atoms with E-state index in [-0.39, 0.29) is 6.04 Å². The molecule has 18 heavy (non-hydrogen) atoms. The average Bonchev–Trinajstić information content (AvgIpc) is 2.41. The normalized spacial score (nSPS) is 12.3. The van der Waals surface area contributed by atoms with Crippen LogP contribution in [0.3, 0.4) is 0 Å². The van der Waals surface area contributed by atoms with Crippen LogP contribution in [-0.4, -0.2) is 10.1 Å². The fourth-order valence-corrected chi connectivity index (χ4v) is 1.90. The van der Waals surface area contributed by atoms with E-state index in [0.29, 0.717) is 12.3 Å². The number of nitrogens with one attached hydrogen (secondary N) is 1. The zero-order valence-corrected chi connectivity index (χ0v) is 10.7. The number of phenols is 1. The largest absolute Gasteiger partial charge is 0.507 e. The molecule has 0 fully saturated rings. The fraction of sp³-hybridized carbons (Fsp3) is 0.267. The second-order valence-electron chi connectivity index (χ2n) is 4.47. The Morgan fingerprint density at radius 3 is 2.67 bits per heavy atom. The summed E-state index contributed by atoms with van der Waals surface area (Å²) in [4.78, 5) is 4.00. The van der Waals surface area contributed by atoms with Gasteiger partial charge in [-0.3, -0.25) is 4.98 Å². The van der Waals surface area contributed by atoms with E-state index in [1.807, 2.05) is 37.3 Å². The van der Waals surface area contributed by atoms with Gasteiger partial charge >= 0.3 is 0 Å². The smallest absolute Gasteiger partial charge is 0.122 e. The van der Waals surface area contributed by atoms with Crippen LogP contribution in [0.2, 0.25) is 0 Å². The Morgan fingerprint density at radius 2 is 1.94 bits per heavy atom. The van der Waals surface area contributed by atoms with E-state index in [4.69, 9.17) is 0 Å². The van der Waals surface area contributed by atoms with Crippen molar-refractivity contribution >= 4 is 0 Å². The lowest BCUT2D eigenvalue weighted by Gasteiger charge is -2.15. The second-order valence-corrected chi connectivity index (χ2v) is 4.47. The Hall–Kier alpha value is -1.87. The minimum atomic E-state index is 0.230. The zero-order chi connectivity index (χ0) is 13.0. The van der Waals surface area contributed by atoms with Crippen molar-refractivity contribution in [2.24, 2.45) is 0 Å². The number of phenolic OH excluding ortho intramolecular Hbond substituents is 1. The van der Waals surface area contributed by atoms with Gasteiger partial charge in [-0.25, -0.2) is 0 Å². The maximum Gasteiger partial charge on any atom is 0.122 e. The maximum atomic E-state index is 9.93. The quantitative estimate of drug-likeness (QED) is 0.866. The van der Waals surface area contributed by atoms with Crippen LogP contribution in [0.5, 0.6) is 5.75 Å². The first-order valence-electron chi connectivity index (χ1n) is 6.09. The summed E-state index contributed by atoms with van der Waals surface area (Å²) in [5.41, 5.74) is 3.03. The highest BCUT2D eigenvalue weighted by molar-refractivity contribution is 5.39. The number of hydrogen-bond acceptors (Lipinski definition) is 3. The van der Waals surface area contributed by atoms with Crippen LogP contribution in [0.25, 0.3) is 0 Å². The molecule has 0 aliphatic carbocycles. The molecule has 0 aliphatic rings. The fourth-order valence-electron chi connectivity index (χ4n) is 1.90. The maximum absolute atomic E-state index is 9.93. The standard InChI is InChI=1S/C15H18N2O/c1-11-4-3-5-14(15(11)18)10-17-12(2)13-6-8-16-9-7-13/h3-9,12,17-18H,10H2,1-2H3. The highest BCUT2D eigenvalue weighted by Gasteiger charge is 2.07. The second kappa shape index (κ2) is 5.65. The van der Waals surface area contributed by atoms with E-state index < -0.39 is 0 Å². The van der Waals surface area contributed by atoms with Gasteiger partial charge < -0.3 is 10.4 Å². The van der Waals surface area contributed by atoms with Crippen LogP contribution < -0.4 is 5.32 Å². The van der Waals surface area contributed by atoms with Gasteiger partial charge in [0.05, 0.1) is 0 Å². The molecule has 1 atom stereocenters. The molecule has 0 aliphatic heterocycles. The third-order valence-corrected chi connectivity index (χ3v) is 3.13. The molecule has 0 bridgehead atoms. The van der Waals surface area contributed by atoms with E-state index in [1.54, 1.807) is 12.4 Å². The number of benzene rings is 1. The average molecular weight is 242 g/mol. The molecule has 94 valence electrons. The summed E-state index contributed by atoms with van der Waals surface area (Å²) in [6.07, 6.45) is 3.58. The Balaban J connectivity index is 2.02. The number of aromatic hydroxyl groups is 1. The van der Waals surface area contributed by atoms with Gasteiger partial charge in [0, 0.05) is 30.5 Å². The van der Waals surface area contributed by atoms with Crippen LogP contribution in [0, 0.1) is 6.92 Å². The van der Waals surface area contributed by atoms with Crippen molar-refractivity contribution in [2.45, 2.75) is 26.4 Å². The summed E-state index contributed by atoms with van der Waals surface area (Å²) < 4.78 is 0. The summed E-state index contributed by atoms with van der Waals surface area (Å²) in [5, 5.41) is 13.3. The Morgan fingerprint density at radius 1 is 1.22 bits per heavy atom. The summed E-state index contributed by atoms with van der Waals surface area (Å²) in [6.45, 7) is 4.66. The zero-order valence-electron chi connectivity index (χ0n) is 10.7. The first kappa shape index (κ1) is 12.6. The number of nitrogens with zero attached hydrogens (tertiary/aromatic N) is 1. The molecule has 0 amide bonds. The number of pyridine rings is 1. The number of aromatic nitrogens is 1. The molecule has 1 aromatic carbocycles. The first-order valence-corrected chi connectivity index (χ1v) is 6.09. The highest BCUT2D eigenvalue weighted by Crippen LogP contribution is 2.22. The van der Waals surface area contributed by atoms with Crippen molar-refractivity contribution in [1.29, 1.82) is 0 Å². The Bertz CT molecular complexity index is 511. The van der Waals surface area contributed by atoms with Crippen LogP contribution in [0.4, 0.5) is 0 Å². The van der Waals surface area contributed by atoms with E-state index in [1.165, 1.54) is 5.56 Å². The van der Waals surface area contributed by atoms with Gasteiger partial charge in [0.15, 0.2) is 0 Å². The molecule has 2 rings (SSSR count). The SMILES string of the molecule is Cc1cccc(CNC(C)c2ccncc2)c1O. The Labute approximate surface area is 108 Å². The third kappa shape index (κ3) is 2.87. The number of hydrogen-bond donors (Lipinski definition) is 2. The van der Waals surface area contributed by atoms with Crippen molar-refractivity contribution in [3.05, 3.63) is 59.4 Å². The molecule has 1 aromatic heterocycles. The molecule has 3 nitrogen and oxygen atoms in total. The monoisotopic (exact) mass is 242 g/mol. The van der Waals surface area contributed by atoms with Gasteiger partial charge in [0.25, 0.3) is 0 Å². The van der Waals surface area contributed by atoms with Crippen molar-refractivity contribution in [2.75, 3.05) is 0 Å². The summed E-state index contributed by atoms with van der Waals surface area (Å²) >= 11 is 0. The first-order chi connectivity index (χ1) is 8.68. The van der Waals surface area contributed by atoms with Crippen LogP contribution in [-0.2, 0) is 6.54 Å². The van der Waals surface area contributed by atoms with Crippen LogP contribution in [0.15, 0.2) is 42.7 Å². The molecule has 0 saturated carbocycles. The van der Waals surface area contributed by atoms with Gasteiger partial charge in [-0.05, 0) is 37.1 Å². The van der Waals surface area contributed by atoms with Gasteiger partial charge in [0.1, 0.15) is 5.75 Å². The topological polar surface area (TPSA) is 45.2 Å². The van der Waals surface area contributed by atoms with Gasteiger partial charge in [0.2, 0.25) is 0 Å². The summed E-state index contributed by atoms with van der Waals surface area (Å²) in [5.74, 6) is 0.381. The minimum absolute atomic E-state index is 0.230. The number of rotatable bonds is 4. The van der Waals surface area contributed by atoms with Crippen molar-refractivity contribution in [1.82, 2.24) is 10.3 Å². The minimum Gasteiger partial charge on any atom is -0.507 e. The van der Waals surface area contributed by atoms with Gasteiger partial charge in [-0.15, -0.1) is 0 Å². The van der Waals surface area contributed by atoms with Crippen LogP contribution in [0.1, 0.15) is 29.7 Å². The van der Waals surface area contributed by atoms with Crippen molar-refractivity contribution in [3.63, 3.8) is 0 Å². The van der Waals surface area contributed by atoms with E-state index in [2.05, 4.69) is 17.2 Å². The van der Waals surface area contributed by atoms with E-state index >= 15 is 0 Å². The van der Waals surface area contributed by atoms with E-state index in [0.717, 1.165) is 11.1 Å². The molecule has 0 radical (unpaired) electrons. The number of para-hydroxylation sites is 1. The van der Waals surface area contributed by atoms with Crippen molar-refractivity contribution < 1.29 is 5.11 Å². The molecular weight excluding hydrogens is 224 g/mol. The summed E-state index contributed by atoms with van der Waals surface area (Å²) in [6, 6.07) is 10.0. The summed E-state index contributed by atoms with van der Waals surface area (Å²) in [7, 11) is 0. The highest BCUT2D eigenvalue weighted by atomic mass is 16.3. The number of aryl methyl sites for hydroxylation is 1. The molecule has 1 heterocycles. The molecule has 2 aromatic rings. The lowest BCUT2D eigenvalue weighted by Crippen LogP contribution is -2.18. The Kier molecular flexibility index (Phi) is 3.95. The molecule has 0 spiro atoms. The molecule has 1 unspecified atom stereocenters. The molecule has 0 saturated heterocycles. The molecular formula is C15H18N2O.